The number of hydrogen-bond donors (Lipinski definition) is 1. The van der Waals surface area contributed by atoms with E-state index in [2.05, 4.69) is 41.4 Å². The summed E-state index contributed by atoms with van der Waals surface area (Å²) in [6.45, 7) is 4.15. The molecular formula is C13H17IN2O2. The van der Waals surface area contributed by atoms with E-state index in [1.54, 1.807) is 0 Å². The van der Waals surface area contributed by atoms with Crippen LogP contribution in [0, 0.1) is 3.57 Å². The Balaban J connectivity index is 2.00. The third kappa shape index (κ3) is 2.01. The molecule has 3 unspecified atom stereocenters. The average Bonchev–Trinajstić information content (AvgIpc) is 2.94. The van der Waals surface area contributed by atoms with Crippen LogP contribution in [0.25, 0.3) is 0 Å². The molecule has 1 aromatic heterocycles. The molecule has 3 heterocycles. The van der Waals surface area contributed by atoms with Gasteiger partial charge in [-0.2, -0.15) is 0 Å². The minimum atomic E-state index is -0.00734. The third-order valence-electron chi connectivity index (χ3n) is 3.91. The van der Waals surface area contributed by atoms with Crippen LogP contribution in [0.1, 0.15) is 56.5 Å². The zero-order chi connectivity index (χ0) is 12.9. The summed E-state index contributed by atoms with van der Waals surface area (Å²) in [5.74, 6) is 1.39. The molecule has 0 radical (unpaired) electrons. The first-order valence-electron chi connectivity index (χ1n) is 6.51. The molecule has 3 rings (SSSR count). The van der Waals surface area contributed by atoms with Crippen molar-refractivity contribution in [3.05, 3.63) is 25.4 Å². The first-order chi connectivity index (χ1) is 8.56. The molecule has 2 aliphatic heterocycles. The standard InChI is InChI=1S/C13H17IN2O2/c1-6(2)11-10(14)13(17)16-12(15-11)8-5-7-3-4-9(8)18-7/h6-9H,3-5H2,1-2H3,(H,15,16,17). The smallest absolute Gasteiger partial charge is 0.264 e. The van der Waals surface area contributed by atoms with E-state index >= 15 is 0 Å². The first-order valence-corrected chi connectivity index (χ1v) is 7.59. The van der Waals surface area contributed by atoms with Gasteiger partial charge >= 0.3 is 0 Å². The second-order valence-electron chi connectivity index (χ2n) is 5.52. The highest BCUT2D eigenvalue weighted by Gasteiger charge is 2.42. The Morgan fingerprint density at radius 3 is 2.78 bits per heavy atom. The van der Waals surface area contributed by atoms with Gasteiger partial charge in [-0.1, -0.05) is 13.8 Å². The third-order valence-corrected chi connectivity index (χ3v) is 4.95. The highest BCUT2D eigenvalue weighted by atomic mass is 127. The number of aromatic nitrogens is 2. The van der Waals surface area contributed by atoms with E-state index in [1.807, 2.05) is 0 Å². The van der Waals surface area contributed by atoms with Gasteiger partial charge in [-0.05, 0) is 47.8 Å². The molecule has 5 heteroatoms. The monoisotopic (exact) mass is 360 g/mol. The van der Waals surface area contributed by atoms with Crippen molar-refractivity contribution >= 4 is 22.6 Å². The molecular weight excluding hydrogens is 343 g/mol. The topological polar surface area (TPSA) is 55.0 Å². The van der Waals surface area contributed by atoms with Crippen LogP contribution in [0.5, 0.6) is 0 Å². The fourth-order valence-electron chi connectivity index (χ4n) is 2.98. The van der Waals surface area contributed by atoms with Gasteiger partial charge in [0.25, 0.3) is 5.56 Å². The number of hydrogen-bond acceptors (Lipinski definition) is 3. The van der Waals surface area contributed by atoms with Crippen molar-refractivity contribution in [1.29, 1.82) is 0 Å². The normalized spacial score (nSPS) is 30.3. The molecule has 2 fully saturated rings. The summed E-state index contributed by atoms with van der Waals surface area (Å²) < 4.78 is 6.56. The van der Waals surface area contributed by atoms with Crippen molar-refractivity contribution in [2.75, 3.05) is 0 Å². The van der Waals surface area contributed by atoms with E-state index in [0.29, 0.717) is 6.10 Å². The number of rotatable bonds is 2. The molecule has 0 spiro atoms. The Labute approximate surface area is 120 Å². The molecule has 0 aromatic carbocycles. The van der Waals surface area contributed by atoms with E-state index in [4.69, 9.17) is 9.72 Å². The molecule has 0 amide bonds. The number of H-pyrrole nitrogens is 1. The van der Waals surface area contributed by atoms with Crippen molar-refractivity contribution < 1.29 is 4.74 Å². The summed E-state index contributed by atoms with van der Waals surface area (Å²) in [5, 5.41) is 0. The van der Waals surface area contributed by atoms with Gasteiger partial charge in [0, 0.05) is 5.92 Å². The Morgan fingerprint density at radius 2 is 2.22 bits per heavy atom. The van der Waals surface area contributed by atoms with E-state index in [-0.39, 0.29) is 23.5 Å². The lowest BCUT2D eigenvalue weighted by Crippen LogP contribution is -2.24. The summed E-state index contributed by atoms with van der Waals surface area (Å²) >= 11 is 2.09. The van der Waals surface area contributed by atoms with E-state index in [0.717, 1.165) is 34.4 Å². The van der Waals surface area contributed by atoms with Crippen LogP contribution in [-0.2, 0) is 4.74 Å². The second kappa shape index (κ2) is 4.59. The first kappa shape index (κ1) is 12.6. The van der Waals surface area contributed by atoms with Crippen LogP contribution < -0.4 is 5.56 Å². The maximum absolute atomic E-state index is 12.0. The molecule has 0 saturated carbocycles. The Morgan fingerprint density at radius 1 is 1.44 bits per heavy atom. The van der Waals surface area contributed by atoms with Crippen LogP contribution in [-0.4, -0.2) is 22.2 Å². The SMILES string of the molecule is CC(C)c1nc(C2CC3CCC2O3)[nH]c(=O)c1I. The van der Waals surface area contributed by atoms with E-state index in [1.165, 1.54) is 0 Å². The summed E-state index contributed by atoms with van der Waals surface area (Å²) in [5.41, 5.74) is 0.907. The molecule has 1 aromatic rings. The number of nitrogens with one attached hydrogen (secondary N) is 1. The largest absolute Gasteiger partial charge is 0.374 e. The lowest BCUT2D eigenvalue weighted by Gasteiger charge is -2.19. The number of halogens is 1. The van der Waals surface area contributed by atoms with Gasteiger partial charge in [0.2, 0.25) is 0 Å². The Hall–Kier alpha value is -0.430. The predicted octanol–water partition coefficient (Wildman–Crippen LogP) is 2.53. The summed E-state index contributed by atoms with van der Waals surface area (Å²) in [6.07, 6.45) is 3.91. The van der Waals surface area contributed by atoms with Gasteiger partial charge in [0.15, 0.2) is 0 Å². The molecule has 2 bridgehead atoms. The van der Waals surface area contributed by atoms with Crippen LogP contribution in [0.15, 0.2) is 4.79 Å². The van der Waals surface area contributed by atoms with Crippen LogP contribution in [0.3, 0.4) is 0 Å². The van der Waals surface area contributed by atoms with Crippen molar-refractivity contribution in [2.24, 2.45) is 0 Å². The van der Waals surface area contributed by atoms with Gasteiger partial charge < -0.3 is 9.72 Å². The van der Waals surface area contributed by atoms with E-state index in [9.17, 15) is 4.79 Å². The lowest BCUT2D eigenvalue weighted by molar-refractivity contribution is 0.0998. The fraction of sp³-hybridized carbons (Fsp3) is 0.692. The van der Waals surface area contributed by atoms with Gasteiger partial charge in [-0.25, -0.2) is 4.98 Å². The van der Waals surface area contributed by atoms with Crippen molar-refractivity contribution in [3.8, 4) is 0 Å². The molecule has 1 N–H and O–H groups in total. The van der Waals surface area contributed by atoms with E-state index < -0.39 is 0 Å². The number of nitrogens with zero attached hydrogens (tertiary/aromatic N) is 1. The number of aromatic amines is 1. The number of ether oxygens (including phenoxy) is 1. The van der Waals surface area contributed by atoms with Gasteiger partial charge in [-0.15, -0.1) is 0 Å². The van der Waals surface area contributed by atoms with Crippen LogP contribution >= 0.6 is 22.6 Å². The maximum atomic E-state index is 12.0. The van der Waals surface area contributed by atoms with Crippen molar-refractivity contribution in [3.63, 3.8) is 0 Å². The molecule has 2 saturated heterocycles. The van der Waals surface area contributed by atoms with Crippen molar-refractivity contribution in [1.82, 2.24) is 9.97 Å². The minimum absolute atomic E-state index is 0.00734. The Bertz CT molecular complexity index is 526. The predicted molar refractivity (Wildman–Crippen MR) is 76.9 cm³/mol. The Kier molecular flexibility index (Phi) is 3.21. The molecule has 2 aliphatic rings. The minimum Gasteiger partial charge on any atom is -0.374 e. The van der Waals surface area contributed by atoms with Crippen LogP contribution in [0.2, 0.25) is 0 Å². The van der Waals surface area contributed by atoms with Gasteiger partial charge in [0.1, 0.15) is 5.82 Å². The fourth-order valence-corrected chi connectivity index (χ4v) is 3.86. The summed E-state index contributed by atoms with van der Waals surface area (Å²) in [6, 6.07) is 0. The van der Waals surface area contributed by atoms with Crippen LogP contribution in [0.4, 0.5) is 0 Å². The zero-order valence-electron chi connectivity index (χ0n) is 10.6. The lowest BCUT2D eigenvalue weighted by atomic mass is 9.88. The second-order valence-corrected chi connectivity index (χ2v) is 6.60. The van der Waals surface area contributed by atoms with Gasteiger partial charge in [0.05, 0.1) is 21.5 Å². The molecule has 0 aliphatic carbocycles. The summed E-state index contributed by atoms with van der Waals surface area (Å²) in [7, 11) is 0. The quantitative estimate of drug-likeness (QED) is 0.825. The molecule has 4 nitrogen and oxygen atoms in total. The zero-order valence-corrected chi connectivity index (χ0v) is 12.7. The molecule has 3 atom stereocenters. The highest BCUT2D eigenvalue weighted by Crippen LogP contribution is 2.43. The summed E-state index contributed by atoms with van der Waals surface area (Å²) in [4.78, 5) is 19.6. The van der Waals surface area contributed by atoms with Crippen molar-refractivity contribution in [2.45, 2.75) is 57.2 Å². The maximum Gasteiger partial charge on any atom is 0.264 e. The number of fused-ring (bicyclic) bond motifs is 2. The highest BCUT2D eigenvalue weighted by molar-refractivity contribution is 14.1. The average molecular weight is 360 g/mol. The molecule has 18 heavy (non-hydrogen) atoms. The molecule has 98 valence electrons. The van der Waals surface area contributed by atoms with Gasteiger partial charge in [-0.3, -0.25) is 4.79 Å².